The van der Waals surface area contributed by atoms with Crippen LogP contribution in [0.5, 0.6) is 0 Å². The van der Waals surface area contributed by atoms with Crippen LogP contribution in [0.15, 0.2) is 12.1 Å². The van der Waals surface area contributed by atoms with E-state index in [1.807, 2.05) is 0 Å². The number of aliphatic carboxylic acids is 1. The summed E-state index contributed by atoms with van der Waals surface area (Å²) < 4.78 is 38.9. The van der Waals surface area contributed by atoms with Crippen molar-refractivity contribution in [3.05, 3.63) is 35.1 Å². The van der Waals surface area contributed by atoms with E-state index in [1.165, 1.54) is 0 Å². The molecule has 0 aliphatic heterocycles. The summed E-state index contributed by atoms with van der Waals surface area (Å²) in [4.78, 5) is 10.9. The van der Waals surface area contributed by atoms with Crippen molar-refractivity contribution in [1.29, 1.82) is 0 Å². The molecule has 0 spiro atoms. The van der Waals surface area contributed by atoms with Crippen LogP contribution in [0.2, 0.25) is 0 Å². The first-order valence-electron chi connectivity index (χ1n) is 5.42. The molecule has 0 radical (unpaired) electrons. The molecule has 1 aromatic rings. The van der Waals surface area contributed by atoms with Gasteiger partial charge in [-0.1, -0.05) is 13.8 Å². The highest BCUT2D eigenvalue weighted by Gasteiger charge is 2.21. The average Bonchev–Trinajstić information content (AvgIpc) is 2.24. The molecule has 0 aromatic heterocycles. The number of carboxylic acid groups (broad SMARTS) is 1. The summed E-state index contributed by atoms with van der Waals surface area (Å²) in [5, 5.41) is 11.5. The molecule has 18 heavy (non-hydrogen) atoms. The van der Waals surface area contributed by atoms with E-state index >= 15 is 0 Å². The van der Waals surface area contributed by atoms with Gasteiger partial charge in [-0.05, 0) is 12.0 Å². The summed E-state index contributed by atoms with van der Waals surface area (Å²) in [5.41, 5.74) is -0.110. The quantitative estimate of drug-likeness (QED) is 0.800. The third-order valence-electron chi connectivity index (χ3n) is 2.53. The lowest BCUT2D eigenvalue weighted by Gasteiger charge is -2.18. The Morgan fingerprint density at radius 1 is 1.22 bits per heavy atom. The molecule has 0 saturated carbocycles. The third-order valence-corrected chi connectivity index (χ3v) is 2.53. The van der Waals surface area contributed by atoms with E-state index in [-0.39, 0.29) is 18.0 Å². The fourth-order valence-electron chi connectivity index (χ4n) is 1.53. The summed E-state index contributed by atoms with van der Waals surface area (Å²) in [7, 11) is 0. The highest BCUT2D eigenvalue weighted by molar-refractivity contribution is 5.73. The van der Waals surface area contributed by atoms with Gasteiger partial charge in [0.25, 0.3) is 0 Å². The number of halogens is 3. The Kier molecular flexibility index (Phi) is 4.72. The predicted octanol–water partition coefficient (Wildman–Crippen LogP) is 2.30. The molecule has 0 aliphatic rings. The first-order valence-corrected chi connectivity index (χ1v) is 5.42. The Morgan fingerprint density at radius 2 is 1.78 bits per heavy atom. The van der Waals surface area contributed by atoms with Crippen LogP contribution >= 0.6 is 0 Å². The molecule has 2 N–H and O–H groups in total. The number of rotatable bonds is 5. The number of nitrogens with one attached hydrogen (secondary N) is 1. The van der Waals surface area contributed by atoms with Gasteiger partial charge in [-0.15, -0.1) is 0 Å². The van der Waals surface area contributed by atoms with E-state index in [4.69, 9.17) is 5.11 Å². The Morgan fingerprint density at radius 3 is 2.28 bits per heavy atom. The standard InChI is InChI=1S/C12H14F3NO2/c1-6(2)11(12(17)18)16-5-7-3-9(14)10(15)4-8(7)13/h3-4,6,11,16H,5H2,1-2H3,(H,17,18)/t11-/m1/s1. The van der Waals surface area contributed by atoms with Crippen molar-refractivity contribution in [1.82, 2.24) is 5.32 Å². The van der Waals surface area contributed by atoms with Crippen molar-refractivity contribution in [2.75, 3.05) is 0 Å². The van der Waals surface area contributed by atoms with Gasteiger partial charge in [-0.2, -0.15) is 0 Å². The number of carboxylic acids is 1. The average molecular weight is 261 g/mol. The topological polar surface area (TPSA) is 49.3 Å². The maximum atomic E-state index is 13.3. The van der Waals surface area contributed by atoms with Crippen LogP contribution in [0.1, 0.15) is 19.4 Å². The number of carbonyl (C=O) groups is 1. The lowest BCUT2D eigenvalue weighted by Crippen LogP contribution is -2.40. The summed E-state index contributed by atoms with van der Waals surface area (Å²) >= 11 is 0. The fraction of sp³-hybridized carbons (Fsp3) is 0.417. The minimum atomic E-state index is -1.27. The molecule has 6 heteroatoms. The number of benzene rings is 1. The van der Waals surface area contributed by atoms with Gasteiger partial charge in [0.05, 0.1) is 0 Å². The first kappa shape index (κ1) is 14.5. The molecule has 0 bridgehead atoms. The summed E-state index contributed by atoms with van der Waals surface area (Å²) in [6.45, 7) is 3.19. The van der Waals surface area contributed by atoms with Gasteiger partial charge in [0, 0.05) is 18.2 Å². The second-order valence-corrected chi connectivity index (χ2v) is 4.30. The normalized spacial score (nSPS) is 12.8. The van der Waals surface area contributed by atoms with E-state index in [0.29, 0.717) is 6.07 Å². The second kappa shape index (κ2) is 5.86. The molecular weight excluding hydrogens is 247 g/mol. The maximum Gasteiger partial charge on any atom is 0.320 e. The Labute approximate surface area is 103 Å². The van der Waals surface area contributed by atoms with E-state index in [2.05, 4.69) is 5.32 Å². The van der Waals surface area contributed by atoms with Crippen LogP contribution in [-0.2, 0) is 11.3 Å². The molecule has 1 atom stereocenters. The van der Waals surface area contributed by atoms with Gasteiger partial charge in [-0.25, -0.2) is 13.2 Å². The van der Waals surface area contributed by atoms with Crippen LogP contribution in [0.4, 0.5) is 13.2 Å². The Balaban J connectivity index is 2.79. The molecule has 0 amide bonds. The molecular formula is C12H14F3NO2. The summed E-state index contributed by atoms with van der Waals surface area (Å²) in [6, 6.07) is 0.284. The van der Waals surface area contributed by atoms with E-state index in [9.17, 15) is 18.0 Å². The predicted molar refractivity (Wildman–Crippen MR) is 59.4 cm³/mol. The molecule has 1 rings (SSSR count). The first-order chi connectivity index (χ1) is 8.32. The summed E-state index contributed by atoms with van der Waals surface area (Å²) in [5.74, 6) is -4.63. The lowest BCUT2D eigenvalue weighted by molar-refractivity contribution is -0.140. The van der Waals surface area contributed by atoms with Gasteiger partial charge in [-0.3, -0.25) is 10.1 Å². The minimum absolute atomic E-state index is 0.110. The van der Waals surface area contributed by atoms with Gasteiger partial charge < -0.3 is 5.11 Å². The number of hydrogen-bond acceptors (Lipinski definition) is 2. The van der Waals surface area contributed by atoms with Crippen LogP contribution in [0.3, 0.4) is 0 Å². The van der Waals surface area contributed by atoms with Crippen molar-refractivity contribution in [2.24, 2.45) is 5.92 Å². The van der Waals surface area contributed by atoms with Crippen molar-refractivity contribution >= 4 is 5.97 Å². The molecule has 0 saturated heterocycles. The van der Waals surface area contributed by atoms with Gasteiger partial charge in [0.2, 0.25) is 0 Å². The van der Waals surface area contributed by atoms with Crippen molar-refractivity contribution in [2.45, 2.75) is 26.4 Å². The van der Waals surface area contributed by atoms with Crippen LogP contribution in [-0.4, -0.2) is 17.1 Å². The van der Waals surface area contributed by atoms with E-state index in [0.717, 1.165) is 6.07 Å². The minimum Gasteiger partial charge on any atom is -0.480 e. The molecule has 3 nitrogen and oxygen atoms in total. The number of hydrogen-bond donors (Lipinski definition) is 2. The molecule has 0 fully saturated rings. The van der Waals surface area contributed by atoms with Crippen LogP contribution in [0.25, 0.3) is 0 Å². The smallest absolute Gasteiger partial charge is 0.320 e. The SMILES string of the molecule is CC(C)[C@@H](NCc1cc(F)c(F)cc1F)C(=O)O. The Hall–Kier alpha value is -1.56. The monoisotopic (exact) mass is 261 g/mol. The van der Waals surface area contributed by atoms with Crippen molar-refractivity contribution in [3.63, 3.8) is 0 Å². The fourth-order valence-corrected chi connectivity index (χ4v) is 1.53. The molecule has 0 unspecified atom stereocenters. The molecule has 0 heterocycles. The van der Waals surface area contributed by atoms with E-state index < -0.39 is 29.5 Å². The van der Waals surface area contributed by atoms with Crippen molar-refractivity contribution in [3.8, 4) is 0 Å². The molecule has 0 aliphatic carbocycles. The van der Waals surface area contributed by atoms with Crippen molar-refractivity contribution < 1.29 is 23.1 Å². The van der Waals surface area contributed by atoms with Gasteiger partial charge >= 0.3 is 5.97 Å². The zero-order valence-corrected chi connectivity index (χ0v) is 10.0. The highest BCUT2D eigenvalue weighted by atomic mass is 19.2. The third kappa shape index (κ3) is 3.46. The van der Waals surface area contributed by atoms with Crippen LogP contribution in [0, 0.1) is 23.4 Å². The largest absolute Gasteiger partial charge is 0.480 e. The van der Waals surface area contributed by atoms with E-state index in [1.54, 1.807) is 13.8 Å². The van der Waals surface area contributed by atoms with Gasteiger partial charge in [0.1, 0.15) is 11.9 Å². The molecule has 100 valence electrons. The molecule has 1 aromatic carbocycles. The Bertz CT molecular complexity index is 449. The zero-order valence-electron chi connectivity index (χ0n) is 10.0. The van der Waals surface area contributed by atoms with Crippen LogP contribution < -0.4 is 5.32 Å². The van der Waals surface area contributed by atoms with Gasteiger partial charge in [0.15, 0.2) is 11.6 Å². The lowest BCUT2D eigenvalue weighted by atomic mass is 10.0. The highest BCUT2D eigenvalue weighted by Crippen LogP contribution is 2.14. The maximum absolute atomic E-state index is 13.3. The zero-order chi connectivity index (χ0) is 13.9. The second-order valence-electron chi connectivity index (χ2n) is 4.30. The summed E-state index contributed by atoms with van der Waals surface area (Å²) in [6.07, 6.45) is 0.